The van der Waals surface area contributed by atoms with Crippen LogP contribution in [0.1, 0.15) is 28.7 Å². The first-order chi connectivity index (χ1) is 22.3. The molecule has 0 bridgehead atoms. The first-order valence-electron chi connectivity index (χ1n) is 15.5. The van der Waals surface area contributed by atoms with Crippen LogP contribution in [0.25, 0.3) is 10.8 Å². The minimum atomic E-state index is -0.927. The minimum absolute atomic E-state index is 0.0274. The largest absolute Gasteiger partial charge is 0.670 e. The number of aromatic hydroxyl groups is 2. The third kappa shape index (κ3) is 7.82. The number of anilines is 1. The van der Waals surface area contributed by atoms with Crippen molar-refractivity contribution in [1.29, 1.82) is 0 Å². The maximum absolute atomic E-state index is 14.2. The summed E-state index contributed by atoms with van der Waals surface area (Å²) in [7, 11) is 4.88. The van der Waals surface area contributed by atoms with Gasteiger partial charge in [-0.2, -0.15) is 12.4 Å². The number of nitrogens with one attached hydrogen (secondary N) is 1. The number of benzene rings is 4. The van der Waals surface area contributed by atoms with Crippen LogP contribution in [0.3, 0.4) is 0 Å². The SMILES string of the molecule is CNc1cc(C[C@@H](Cc2ccc(O)c(OC)c2)C(=O)C[C@@H](O)[C@H](Cc2cc[n-]c2)Cc2ccc(O)c(OC)c2)cc2ccccc12. The number of phenolic OH excluding ortho intramolecular Hbond substituents is 2. The number of nitrogens with zero attached hydrogens (tertiary/aromatic N) is 1. The molecule has 3 atom stereocenters. The lowest BCUT2D eigenvalue weighted by atomic mass is 9.82. The van der Waals surface area contributed by atoms with E-state index in [2.05, 4.69) is 34.6 Å². The van der Waals surface area contributed by atoms with Gasteiger partial charge in [-0.25, -0.2) is 0 Å². The smallest absolute Gasteiger partial charge is 0.160 e. The predicted molar refractivity (Wildman–Crippen MR) is 180 cm³/mol. The Balaban J connectivity index is 1.43. The first kappa shape index (κ1) is 32.4. The summed E-state index contributed by atoms with van der Waals surface area (Å²) in [5, 5.41) is 37.4. The number of rotatable bonds is 15. The lowest BCUT2D eigenvalue weighted by molar-refractivity contribution is -0.125. The van der Waals surface area contributed by atoms with Gasteiger partial charge in [-0.3, -0.25) is 4.79 Å². The van der Waals surface area contributed by atoms with Gasteiger partial charge < -0.3 is 35.1 Å². The molecular formula is C38H41N2O6-. The molecule has 0 fully saturated rings. The van der Waals surface area contributed by atoms with Crippen LogP contribution in [-0.4, -0.2) is 48.5 Å². The van der Waals surface area contributed by atoms with E-state index >= 15 is 0 Å². The van der Waals surface area contributed by atoms with Gasteiger partial charge in [0.05, 0.1) is 20.3 Å². The van der Waals surface area contributed by atoms with E-state index in [1.807, 2.05) is 31.3 Å². The zero-order chi connectivity index (χ0) is 32.6. The number of Topliss-reactive ketones (excluding diaryl/α,β-unsaturated/α-hetero) is 1. The fraction of sp³-hybridized carbons (Fsp3) is 0.289. The summed E-state index contributed by atoms with van der Waals surface area (Å²) >= 11 is 0. The van der Waals surface area contributed by atoms with Gasteiger partial charge in [0.25, 0.3) is 0 Å². The highest BCUT2D eigenvalue weighted by Gasteiger charge is 2.28. The molecule has 0 aliphatic heterocycles. The molecule has 8 heteroatoms. The van der Waals surface area contributed by atoms with E-state index in [4.69, 9.17) is 9.47 Å². The van der Waals surface area contributed by atoms with Gasteiger partial charge in [0.2, 0.25) is 0 Å². The minimum Gasteiger partial charge on any atom is -0.670 e. The number of hydrogen-bond acceptors (Lipinski definition) is 7. The third-order valence-electron chi connectivity index (χ3n) is 8.66. The van der Waals surface area contributed by atoms with Crippen LogP contribution in [0, 0.1) is 11.8 Å². The Morgan fingerprint density at radius 2 is 1.41 bits per heavy atom. The molecule has 46 heavy (non-hydrogen) atoms. The van der Waals surface area contributed by atoms with E-state index in [9.17, 15) is 20.1 Å². The molecule has 0 saturated heterocycles. The predicted octanol–water partition coefficient (Wildman–Crippen LogP) is 6.09. The Kier molecular flexibility index (Phi) is 10.5. The molecule has 0 saturated carbocycles. The molecule has 0 aliphatic carbocycles. The number of fused-ring (bicyclic) bond motifs is 1. The van der Waals surface area contributed by atoms with Gasteiger partial charge in [0, 0.05) is 30.5 Å². The van der Waals surface area contributed by atoms with Crippen molar-refractivity contribution < 1.29 is 29.6 Å². The molecule has 8 nitrogen and oxygen atoms in total. The Morgan fingerprint density at radius 3 is 2.04 bits per heavy atom. The average Bonchev–Trinajstić information content (AvgIpc) is 3.58. The number of carbonyl (C=O) groups excluding carboxylic acids is 1. The van der Waals surface area contributed by atoms with E-state index < -0.39 is 12.0 Å². The Morgan fingerprint density at radius 1 is 0.783 bits per heavy atom. The zero-order valence-electron chi connectivity index (χ0n) is 26.4. The Hall–Kier alpha value is -4.95. The molecule has 0 unspecified atom stereocenters. The number of ketones is 1. The van der Waals surface area contributed by atoms with Crippen molar-refractivity contribution in [1.82, 2.24) is 4.98 Å². The van der Waals surface area contributed by atoms with Crippen LogP contribution < -0.4 is 19.8 Å². The zero-order valence-corrected chi connectivity index (χ0v) is 26.4. The maximum Gasteiger partial charge on any atom is 0.160 e. The molecule has 1 heterocycles. The highest BCUT2D eigenvalue weighted by molar-refractivity contribution is 5.94. The number of ether oxygens (including phenoxy) is 2. The van der Waals surface area contributed by atoms with E-state index in [1.165, 1.54) is 14.2 Å². The molecule has 0 aliphatic rings. The van der Waals surface area contributed by atoms with Crippen LogP contribution in [0.5, 0.6) is 23.0 Å². The molecule has 0 radical (unpaired) electrons. The lowest BCUT2D eigenvalue weighted by Gasteiger charge is -2.25. The maximum atomic E-state index is 14.2. The fourth-order valence-corrected chi connectivity index (χ4v) is 6.19. The normalized spacial score (nSPS) is 13.2. The van der Waals surface area contributed by atoms with Gasteiger partial charge in [0.1, 0.15) is 5.78 Å². The molecule has 4 N–H and O–H groups in total. The van der Waals surface area contributed by atoms with Gasteiger partial charge >= 0.3 is 0 Å². The first-order valence-corrected chi connectivity index (χ1v) is 15.5. The molecule has 240 valence electrons. The quantitative estimate of drug-likeness (QED) is 0.111. The summed E-state index contributed by atoms with van der Waals surface area (Å²) in [5.74, 6) is 0.0129. The van der Waals surface area contributed by atoms with Gasteiger partial charge in [-0.1, -0.05) is 54.1 Å². The van der Waals surface area contributed by atoms with Crippen LogP contribution in [0.4, 0.5) is 5.69 Å². The van der Waals surface area contributed by atoms with Crippen LogP contribution >= 0.6 is 0 Å². The number of aliphatic hydroxyl groups is 1. The second-order valence-electron chi connectivity index (χ2n) is 11.8. The van der Waals surface area contributed by atoms with Crippen molar-refractivity contribution in [2.45, 2.75) is 38.2 Å². The van der Waals surface area contributed by atoms with Crippen molar-refractivity contribution in [3.63, 3.8) is 0 Å². The van der Waals surface area contributed by atoms with Crippen LogP contribution in [0.15, 0.2) is 91.3 Å². The van der Waals surface area contributed by atoms with E-state index in [1.54, 1.807) is 42.7 Å². The number of aliphatic hydroxyl groups excluding tert-OH is 1. The van der Waals surface area contributed by atoms with Crippen molar-refractivity contribution in [3.05, 3.63) is 114 Å². The molecule has 5 aromatic rings. The number of hydrogen-bond donors (Lipinski definition) is 4. The second kappa shape index (κ2) is 14.9. The van der Waals surface area contributed by atoms with E-state index in [0.29, 0.717) is 37.2 Å². The van der Waals surface area contributed by atoms with Crippen molar-refractivity contribution >= 4 is 22.2 Å². The average molecular weight is 622 g/mol. The molecule has 1 aromatic heterocycles. The van der Waals surface area contributed by atoms with Gasteiger partial charge in [0.15, 0.2) is 23.0 Å². The monoisotopic (exact) mass is 621 g/mol. The van der Waals surface area contributed by atoms with Crippen molar-refractivity contribution in [2.75, 3.05) is 26.6 Å². The van der Waals surface area contributed by atoms with Crippen molar-refractivity contribution in [2.24, 2.45) is 11.8 Å². The van der Waals surface area contributed by atoms with E-state index in [0.717, 1.165) is 38.7 Å². The number of methoxy groups -OCH3 is 2. The fourth-order valence-electron chi connectivity index (χ4n) is 6.19. The Labute approximate surface area is 269 Å². The summed E-state index contributed by atoms with van der Waals surface area (Å²) in [4.78, 5) is 18.4. The third-order valence-corrected chi connectivity index (χ3v) is 8.66. The summed E-state index contributed by atoms with van der Waals surface area (Å²) in [5.41, 5.74) is 4.71. The molecular weight excluding hydrogens is 580 g/mol. The topological polar surface area (TPSA) is 122 Å². The Bertz CT molecular complexity index is 1770. The summed E-state index contributed by atoms with van der Waals surface area (Å²) in [6.45, 7) is 0. The standard InChI is InChI=1S/C38H41N2O6/c1-39-32-19-27(17-28-6-4-5-7-31(28)32)18-30(15-25-9-11-34(42)38(21-25)46-3)36(44)22-35(43)29(16-26-12-13-40-23-26)14-24-8-10-33(41)37(20-24)45-2/h4-13,17,19-21,23,29-30,35,39,41-43H,14-16,18,22H2,1-3H3/q-1/t29-,30+,35+/m0/s1. The van der Waals surface area contributed by atoms with Gasteiger partial charge in [-0.15, -0.1) is 0 Å². The highest BCUT2D eigenvalue weighted by atomic mass is 16.5. The second-order valence-corrected chi connectivity index (χ2v) is 11.8. The summed E-state index contributed by atoms with van der Waals surface area (Å²) < 4.78 is 10.6. The summed E-state index contributed by atoms with van der Waals surface area (Å²) in [6.07, 6.45) is 4.44. The number of carbonyl (C=O) groups is 1. The molecule has 5 rings (SSSR count). The number of aromatic nitrogens is 1. The molecule has 0 spiro atoms. The lowest BCUT2D eigenvalue weighted by Crippen LogP contribution is -2.31. The van der Waals surface area contributed by atoms with Crippen LogP contribution in [-0.2, 0) is 30.5 Å². The van der Waals surface area contributed by atoms with Crippen LogP contribution in [0.2, 0.25) is 0 Å². The van der Waals surface area contributed by atoms with Gasteiger partial charge in [-0.05, 0) is 84.0 Å². The van der Waals surface area contributed by atoms with Crippen molar-refractivity contribution in [3.8, 4) is 23.0 Å². The summed E-state index contributed by atoms with van der Waals surface area (Å²) in [6, 6.07) is 24.5. The highest BCUT2D eigenvalue weighted by Crippen LogP contribution is 2.32. The van der Waals surface area contributed by atoms with E-state index in [-0.39, 0.29) is 29.6 Å². The number of phenols is 2. The molecule has 4 aromatic carbocycles. The molecule has 0 amide bonds.